The fourth-order valence-corrected chi connectivity index (χ4v) is 1.45. The molecule has 12 heavy (non-hydrogen) atoms. The van der Waals surface area contributed by atoms with E-state index >= 15 is 0 Å². The summed E-state index contributed by atoms with van der Waals surface area (Å²) in [5, 5.41) is 0. The van der Waals surface area contributed by atoms with Crippen LogP contribution in [0, 0.1) is 5.92 Å². The zero-order chi connectivity index (χ0) is 8.39. The fourth-order valence-electron chi connectivity index (χ4n) is 1.45. The summed E-state index contributed by atoms with van der Waals surface area (Å²) in [4.78, 5) is 4.19. The minimum atomic E-state index is 0.652. The molecule has 1 aliphatic rings. The topological polar surface area (TPSA) is 22.1 Å². The molecule has 0 N–H and O–H groups in total. The third-order valence-corrected chi connectivity index (χ3v) is 2.26. The Hall–Kier alpha value is -1.05. The zero-order valence-corrected chi connectivity index (χ0v) is 7.29. The minimum absolute atomic E-state index is 0.652. The average molecular weight is 163 g/mol. The van der Waals surface area contributed by atoms with Crippen LogP contribution in [0.25, 0.3) is 0 Å². The SMILES string of the molecule is CC1CCc2cccnc2OC1. The maximum absolute atomic E-state index is 5.55. The van der Waals surface area contributed by atoms with E-state index in [-0.39, 0.29) is 0 Å². The summed E-state index contributed by atoms with van der Waals surface area (Å²) in [6.07, 6.45) is 4.10. The summed E-state index contributed by atoms with van der Waals surface area (Å²) < 4.78 is 5.55. The highest BCUT2D eigenvalue weighted by molar-refractivity contribution is 5.26. The smallest absolute Gasteiger partial charge is 0.216 e. The summed E-state index contributed by atoms with van der Waals surface area (Å²) in [5.41, 5.74) is 1.25. The van der Waals surface area contributed by atoms with Crippen LogP contribution >= 0.6 is 0 Å². The monoisotopic (exact) mass is 163 g/mol. The first-order valence-electron chi connectivity index (χ1n) is 4.43. The Labute approximate surface area is 72.6 Å². The lowest BCUT2D eigenvalue weighted by Gasteiger charge is -2.05. The van der Waals surface area contributed by atoms with Crippen molar-refractivity contribution in [3.8, 4) is 5.88 Å². The summed E-state index contributed by atoms with van der Waals surface area (Å²) >= 11 is 0. The molecule has 1 atom stereocenters. The maximum atomic E-state index is 5.55. The molecule has 0 aliphatic carbocycles. The lowest BCUT2D eigenvalue weighted by molar-refractivity contribution is 0.256. The zero-order valence-electron chi connectivity index (χ0n) is 7.29. The molecule has 64 valence electrons. The number of rotatable bonds is 0. The Morgan fingerprint density at radius 1 is 1.58 bits per heavy atom. The molecular formula is C10H13NO. The van der Waals surface area contributed by atoms with E-state index < -0.39 is 0 Å². The first-order chi connectivity index (χ1) is 5.86. The molecule has 0 saturated heterocycles. The van der Waals surface area contributed by atoms with Crippen molar-refractivity contribution in [2.24, 2.45) is 5.92 Å². The van der Waals surface area contributed by atoms with Crippen molar-refractivity contribution in [3.63, 3.8) is 0 Å². The number of aromatic nitrogens is 1. The van der Waals surface area contributed by atoms with Crippen LogP contribution in [-0.4, -0.2) is 11.6 Å². The van der Waals surface area contributed by atoms with Gasteiger partial charge in [0.05, 0.1) is 6.61 Å². The van der Waals surface area contributed by atoms with Gasteiger partial charge in [-0.1, -0.05) is 13.0 Å². The summed E-state index contributed by atoms with van der Waals surface area (Å²) in [6, 6.07) is 4.07. The van der Waals surface area contributed by atoms with Gasteiger partial charge in [0, 0.05) is 11.8 Å². The minimum Gasteiger partial charge on any atom is -0.477 e. The molecule has 0 saturated carbocycles. The Kier molecular flexibility index (Phi) is 1.98. The van der Waals surface area contributed by atoms with Gasteiger partial charge in [-0.15, -0.1) is 0 Å². The van der Waals surface area contributed by atoms with E-state index in [0.29, 0.717) is 5.92 Å². The standard InChI is InChI=1S/C10H13NO/c1-8-4-5-9-3-2-6-11-10(9)12-7-8/h2-3,6,8H,4-5,7H2,1H3. The Bertz CT molecular complexity index is 245. The fraction of sp³-hybridized carbons (Fsp3) is 0.500. The Balaban J connectivity index is 2.26. The highest BCUT2D eigenvalue weighted by atomic mass is 16.5. The van der Waals surface area contributed by atoms with E-state index in [1.807, 2.05) is 6.07 Å². The van der Waals surface area contributed by atoms with Crippen LogP contribution in [0.3, 0.4) is 0 Å². The molecule has 0 spiro atoms. The number of ether oxygens (including phenoxy) is 1. The molecule has 2 heteroatoms. The van der Waals surface area contributed by atoms with E-state index in [2.05, 4.69) is 18.0 Å². The van der Waals surface area contributed by atoms with Gasteiger partial charge in [-0.05, 0) is 24.8 Å². The molecule has 1 aromatic heterocycles. The Morgan fingerprint density at radius 2 is 2.50 bits per heavy atom. The van der Waals surface area contributed by atoms with Crippen LogP contribution in [0.4, 0.5) is 0 Å². The van der Waals surface area contributed by atoms with Crippen LogP contribution in [0.5, 0.6) is 5.88 Å². The molecule has 2 heterocycles. The van der Waals surface area contributed by atoms with Crippen LogP contribution in [-0.2, 0) is 6.42 Å². The maximum Gasteiger partial charge on any atom is 0.216 e. The second kappa shape index (κ2) is 3.13. The van der Waals surface area contributed by atoms with Crippen molar-refractivity contribution in [3.05, 3.63) is 23.9 Å². The number of pyridine rings is 1. The second-order valence-corrected chi connectivity index (χ2v) is 3.42. The number of fused-ring (bicyclic) bond motifs is 1. The van der Waals surface area contributed by atoms with Gasteiger partial charge in [0.1, 0.15) is 0 Å². The number of aryl methyl sites for hydroxylation is 1. The molecule has 2 rings (SSSR count). The molecular weight excluding hydrogens is 150 g/mol. The molecule has 2 nitrogen and oxygen atoms in total. The van der Waals surface area contributed by atoms with Gasteiger partial charge in [0.2, 0.25) is 5.88 Å². The average Bonchev–Trinajstić information content (AvgIpc) is 2.29. The first kappa shape index (κ1) is 7.59. The third-order valence-electron chi connectivity index (χ3n) is 2.26. The first-order valence-corrected chi connectivity index (χ1v) is 4.43. The molecule has 0 amide bonds. The van der Waals surface area contributed by atoms with Crippen LogP contribution in [0.2, 0.25) is 0 Å². The van der Waals surface area contributed by atoms with Gasteiger partial charge in [-0.3, -0.25) is 0 Å². The third kappa shape index (κ3) is 1.42. The summed E-state index contributed by atoms with van der Waals surface area (Å²) in [6.45, 7) is 3.02. The molecule has 1 aliphatic heterocycles. The molecule has 1 unspecified atom stereocenters. The molecule has 0 bridgehead atoms. The van der Waals surface area contributed by atoms with Gasteiger partial charge in [-0.2, -0.15) is 0 Å². The molecule has 1 aromatic rings. The second-order valence-electron chi connectivity index (χ2n) is 3.42. The van der Waals surface area contributed by atoms with Gasteiger partial charge in [0.25, 0.3) is 0 Å². The highest BCUT2D eigenvalue weighted by Gasteiger charge is 2.13. The lowest BCUT2D eigenvalue weighted by Crippen LogP contribution is -2.05. The van der Waals surface area contributed by atoms with Gasteiger partial charge in [-0.25, -0.2) is 4.98 Å². The largest absolute Gasteiger partial charge is 0.477 e. The molecule has 0 radical (unpaired) electrons. The van der Waals surface area contributed by atoms with Gasteiger partial charge < -0.3 is 4.74 Å². The van der Waals surface area contributed by atoms with Gasteiger partial charge in [0.15, 0.2) is 0 Å². The van der Waals surface area contributed by atoms with Crippen molar-refractivity contribution >= 4 is 0 Å². The predicted octanol–water partition coefficient (Wildman–Crippen LogP) is 2.04. The van der Waals surface area contributed by atoms with Crippen molar-refractivity contribution < 1.29 is 4.74 Å². The van der Waals surface area contributed by atoms with E-state index in [1.54, 1.807) is 6.20 Å². The summed E-state index contributed by atoms with van der Waals surface area (Å²) in [5.74, 6) is 1.49. The lowest BCUT2D eigenvalue weighted by atomic mass is 10.0. The van der Waals surface area contributed by atoms with Crippen molar-refractivity contribution in [1.82, 2.24) is 4.98 Å². The van der Waals surface area contributed by atoms with E-state index in [1.165, 1.54) is 12.0 Å². The van der Waals surface area contributed by atoms with Crippen molar-refractivity contribution in [1.29, 1.82) is 0 Å². The summed E-state index contributed by atoms with van der Waals surface area (Å²) in [7, 11) is 0. The quantitative estimate of drug-likeness (QED) is 0.584. The van der Waals surface area contributed by atoms with E-state index in [4.69, 9.17) is 4.74 Å². The predicted molar refractivity (Wildman–Crippen MR) is 47.2 cm³/mol. The molecule has 0 aromatic carbocycles. The van der Waals surface area contributed by atoms with Crippen molar-refractivity contribution in [2.75, 3.05) is 6.61 Å². The van der Waals surface area contributed by atoms with Crippen LogP contribution in [0.15, 0.2) is 18.3 Å². The number of hydrogen-bond donors (Lipinski definition) is 0. The van der Waals surface area contributed by atoms with Crippen molar-refractivity contribution in [2.45, 2.75) is 19.8 Å². The van der Waals surface area contributed by atoms with Crippen LogP contribution in [0.1, 0.15) is 18.9 Å². The van der Waals surface area contributed by atoms with Crippen LogP contribution < -0.4 is 4.74 Å². The Morgan fingerprint density at radius 3 is 3.42 bits per heavy atom. The number of hydrogen-bond acceptors (Lipinski definition) is 2. The number of nitrogens with zero attached hydrogens (tertiary/aromatic N) is 1. The molecule has 0 fully saturated rings. The van der Waals surface area contributed by atoms with Gasteiger partial charge >= 0.3 is 0 Å². The van der Waals surface area contributed by atoms with E-state index in [9.17, 15) is 0 Å². The van der Waals surface area contributed by atoms with E-state index in [0.717, 1.165) is 18.9 Å². The normalized spacial score (nSPS) is 22.2. The highest BCUT2D eigenvalue weighted by Crippen LogP contribution is 2.22.